The molecule has 0 spiro atoms. The molecule has 0 bridgehead atoms. The Morgan fingerprint density at radius 1 is 1.26 bits per heavy atom. The molecule has 0 atom stereocenters. The van der Waals surface area contributed by atoms with Crippen molar-refractivity contribution >= 4 is 23.0 Å². The number of nitrogens with two attached hydrogens (primary N) is 1. The Balaban J connectivity index is 2.09. The van der Waals surface area contributed by atoms with Crippen LogP contribution in [0.4, 0.5) is 5.69 Å². The summed E-state index contributed by atoms with van der Waals surface area (Å²) >= 11 is 4.68. The smallest absolute Gasteiger partial charge is 0.210 e. The van der Waals surface area contributed by atoms with Gasteiger partial charge in [0, 0.05) is 31.9 Å². The number of piperazine rings is 1. The van der Waals surface area contributed by atoms with Crippen LogP contribution in [0.2, 0.25) is 0 Å². The molecule has 0 unspecified atom stereocenters. The molecule has 0 aromatic heterocycles. The minimum absolute atomic E-state index is 0.0806. The van der Waals surface area contributed by atoms with Crippen molar-refractivity contribution in [2.75, 3.05) is 38.1 Å². The zero-order valence-corrected chi connectivity index (χ0v) is 11.9. The van der Waals surface area contributed by atoms with E-state index in [2.05, 4.69) is 57.5 Å². The molecule has 5 nitrogen and oxygen atoms in total. The van der Waals surface area contributed by atoms with Crippen molar-refractivity contribution in [1.29, 1.82) is 0 Å². The lowest BCUT2D eigenvalue weighted by Gasteiger charge is -2.35. The number of para-hydroxylation sites is 1. The summed E-state index contributed by atoms with van der Waals surface area (Å²) < 4.78 is 0. The van der Waals surface area contributed by atoms with Crippen LogP contribution in [0.15, 0.2) is 34.5 Å². The van der Waals surface area contributed by atoms with E-state index in [4.69, 9.17) is 5.73 Å². The SMILES string of the molecule is CN1CCN(c2ccccc2C/N=N\C(N)=S)CC1. The van der Waals surface area contributed by atoms with Gasteiger partial charge in [0.25, 0.3) is 0 Å². The maximum atomic E-state index is 5.31. The van der Waals surface area contributed by atoms with Gasteiger partial charge in [-0.3, -0.25) is 0 Å². The number of thiocarbonyl (C=S) groups is 1. The molecule has 1 aliphatic rings. The first kappa shape index (κ1) is 13.9. The normalized spacial score (nSPS) is 17.0. The van der Waals surface area contributed by atoms with Gasteiger partial charge in [-0.1, -0.05) is 18.2 Å². The van der Waals surface area contributed by atoms with Crippen molar-refractivity contribution < 1.29 is 0 Å². The van der Waals surface area contributed by atoms with Gasteiger partial charge >= 0.3 is 0 Å². The van der Waals surface area contributed by atoms with Crippen LogP contribution >= 0.6 is 12.2 Å². The van der Waals surface area contributed by atoms with Crippen LogP contribution in [0.3, 0.4) is 0 Å². The van der Waals surface area contributed by atoms with Gasteiger partial charge in [-0.2, -0.15) is 5.11 Å². The Bertz CT molecular complexity index is 466. The lowest BCUT2D eigenvalue weighted by Crippen LogP contribution is -2.44. The lowest BCUT2D eigenvalue weighted by molar-refractivity contribution is 0.312. The van der Waals surface area contributed by atoms with Gasteiger partial charge in [-0.05, 0) is 30.9 Å². The first-order chi connectivity index (χ1) is 9.16. The predicted molar refractivity (Wildman–Crippen MR) is 81.5 cm³/mol. The number of anilines is 1. The van der Waals surface area contributed by atoms with Gasteiger partial charge in [0.05, 0.1) is 6.54 Å². The molecular formula is C13H19N5S. The molecule has 1 aromatic rings. The van der Waals surface area contributed by atoms with E-state index in [9.17, 15) is 0 Å². The van der Waals surface area contributed by atoms with Gasteiger partial charge in [0.2, 0.25) is 5.11 Å². The minimum Gasteiger partial charge on any atom is -0.373 e. The summed E-state index contributed by atoms with van der Waals surface area (Å²) in [5, 5.41) is 7.84. The summed E-state index contributed by atoms with van der Waals surface area (Å²) in [6.45, 7) is 4.77. The van der Waals surface area contributed by atoms with Crippen molar-refractivity contribution in [1.82, 2.24) is 4.90 Å². The van der Waals surface area contributed by atoms with E-state index < -0.39 is 0 Å². The monoisotopic (exact) mass is 277 g/mol. The van der Waals surface area contributed by atoms with E-state index in [1.165, 1.54) is 5.69 Å². The van der Waals surface area contributed by atoms with E-state index in [1.54, 1.807) is 0 Å². The Morgan fingerprint density at radius 2 is 1.95 bits per heavy atom. The van der Waals surface area contributed by atoms with E-state index in [-0.39, 0.29) is 5.11 Å². The summed E-state index contributed by atoms with van der Waals surface area (Å²) in [5.41, 5.74) is 7.70. The van der Waals surface area contributed by atoms with Gasteiger partial charge in [0.1, 0.15) is 0 Å². The molecule has 6 heteroatoms. The molecule has 2 N–H and O–H groups in total. The molecule has 19 heavy (non-hydrogen) atoms. The van der Waals surface area contributed by atoms with Crippen molar-refractivity contribution in [2.45, 2.75) is 6.54 Å². The lowest BCUT2D eigenvalue weighted by atomic mass is 10.1. The first-order valence-corrected chi connectivity index (χ1v) is 6.76. The summed E-state index contributed by atoms with van der Waals surface area (Å²) in [6, 6.07) is 8.29. The number of hydrogen-bond donors (Lipinski definition) is 1. The third kappa shape index (κ3) is 3.97. The van der Waals surface area contributed by atoms with Crippen LogP contribution in [-0.4, -0.2) is 43.2 Å². The summed E-state index contributed by atoms with van der Waals surface area (Å²) in [5.74, 6) is 0. The van der Waals surface area contributed by atoms with E-state index in [1.807, 2.05) is 6.07 Å². The third-order valence-corrected chi connectivity index (χ3v) is 3.33. The zero-order chi connectivity index (χ0) is 13.7. The number of nitrogens with zero attached hydrogens (tertiary/aromatic N) is 4. The molecule has 0 amide bonds. The summed E-state index contributed by atoms with van der Waals surface area (Å²) in [4.78, 5) is 4.73. The van der Waals surface area contributed by atoms with Crippen LogP contribution in [0.1, 0.15) is 5.56 Å². The van der Waals surface area contributed by atoms with Gasteiger partial charge in [0.15, 0.2) is 0 Å². The van der Waals surface area contributed by atoms with Crippen molar-refractivity contribution in [3.63, 3.8) is 0 Å². The largest absolute Gasteiger partial charge is 0.373 e. The molecule has 1 aliphatic heterocycles. The molecule has 0 saturated carbocycles. The Kier molecular flexibility index (Phi) is 4.81. The van der Waals surface area contributed by atoms with Gasteiger partial charge < -0.3 is 15.5 Å². The molecule has 0 radical (unpaired) electrons. The second kappa shape index (κ2) is 6.58. The molecule has 2 rings (SSSR count). The highest BCUT2D eigenvalue weighted by Crippen LogP contribution is 2.22. The maximum Gasteiger partial charge on any atom is 0.210 e. The Morgan fingerprint density at radius 3 is 2.63 bits per heavy atom. The fourth-order valence-corrected chi connectivity index (χ4v) is 2.24. The van der Waals surface area contributed by atoms with Crippen LogP contribution in [-0.2, 0) is 6.54 Å². The third-order valence-electron chi connectivity index (χ3n) is 3.25. The van der Waals surface area contributed by atoms with Crippen LogP contribution in [0, 0.1) is 0 Å². The topological polar surface area (TPSA) is 57.2 Å². The molecule has 102 valence electrons. The molecular weight excluding hydrogens is 258 g/mol. The fourth-order valence-electron chi connectivity index (χ4n) is 2.18. The summed E-state index contributed by atoms with van der Waals surface area (Å²) in [7, 11) is 2.15. The van der Waals surface area contributed by atoms with E-state index >= 15 is 0 Å². The number of rotatable bonds is 3. The van der Waals surface area contributed by atoms with Crippen LogP contribution in [0.5, 0.6) is 0 Å². The second-order valence-electron chi connectivity index (χ2n) is 4.66. The van der Waals surface area contributed by atoms with Crippen molar-refractivity contribution in [3.8, 4) is 0 Å². The predicted octanol–water partition coefficient (Wildman–Crippen LogP) is 1.63. The molecule has 1 saturated heterocycles. The number of azo groups is 1. The minimum atomic E-state index is 0.0806. The van der Waals surface area contributed by atoms with E-state index in [0.717, 1.165) is 31.7 Å². The van der Waals surface area contributed by atoms with E-state index in [0.29, 0.717) is 6.54 Å². The highest BCUT2D eigenvalue weighted by Gasteiger charge is 2.16. The average molecular weight is 277 g/mol. The van der Waals surface area contributed by atoms with Crippen molar-refractivity contribution in [2.24, 2.45) is 16.0 Å². The van der Waals surface area contributed by atoms with Gasteiger partial charge in [-0.25, -0.2) is 0 Å². The average Bonchev–Trinajstić information content (AvgIpc) is 2.40. The number of likely N-dealkylation sites (N-methyl/N-ethyl adjacent to an activating group) is 1. The zero-order valence-electron chi connectivity index (χ0n) is 11.1. The quantitative estimate of drug-likeness (QED) is 0.674. The highest BCUT2D eigenvalue weighted by molar-refractivity contribution is 7.80. The Labute approximate surface area is 119 Å². The molecule has 1 fully saturated rings. The molecule has 1 heterocycles. The second-order valence-corrected chi connectivity index (χ2v) is 5.08. The molecule has 1 aromatic carbocycles. The van der Waals surface area contributed by atoms with Crippen LogP contribution < -0.4 is 10.6 Å². The first-order valence-electron chi connectivity index (χ1n) is 6.35. The van der Waals surface area contributed by atoms with Gasteiger partial charge in [-0.15, -0.1) is 5.11 Å². The Hall–Kier alpha value is -1.53. The molecule has 0 aliphatic carbocycles. The number of benzene rings is 1. The standard InChI is InChI=1S/C13H19N5S/c1-17-6-8-18(9-7-17)12-5-3-2-4-11(12)10-15-16-13(14)19/h2-5H,6-10H2,1H3,(H2,14,19)/b16-15-. The number of hydrogen-bond acceptors (Lipinski definition) is 4. The van der Waals surface area contributed by atoms with Crippen LogP contribution in [0.25, 0.3) is 0 Å². The highest BCUT2D eigenvalue weighted by atomic mass is 32.1. The maximum absolute atomic E-state index is 5.31. The van der Waals surface area contributed by atoms with Crippen molar-refractivity contribution in [3.05, 3.63) is 29.8 Å². The summed E-state index contributed by atoms with van der Waals surface area (Å²) in [6.07, 6.45) is 0. The fraction of sp³-hybridized carbons (Fsp3) is 0.462.